The van der Waals surface area contributed by atoms with E-state index in [2.05, 4.69) is 10.6 Å². The third-order valence-electron chi connectivity index (χ3n) is 3.05. The molecule has 0 heterocycles. The van der Waals surface area contributed by atoms with E-state index in [0.29, 0.717) is 17.2 Å². The Hall–Kier alpha value is -2.08. The molecule has 1 fully saturated rings. The van der Waals surface area contributed by atoms with Gasteiger partial charge in [-0.1, -0.05) is 0 Å². The van der Waals surface area contributed by atoms with Crippen molar-refractivity contribution in [2.24, 2.45) is 11.7 Å². The van der Waals surface area contributed by atoms with Gasteiger partial charge in [-0.2, -0.15) is 0 Å². The molecule has 0 spiro atoms. The van der Waals surface area contributed by atoms with Gasteiger partial charge in [-0.25, -0.2) is 4.79 Å². The fourth-order valence-electron chi connectivity index (χ4n) is 1.79. The van der Waals surface area contributed by atoms with Crippen molar-refractivity contribution >= 4 is 17.6 Å². The van der Waals surface area contributed by atoms with Gasteiger partial charge >= 0.3 is 6.03 Å². The van der Waals surface area contributed by atoms with Crippen molar-refractivity contribution in [3.8, 4) is 0 Å². The number of nitrogens with one attached hydrogen (secondary N) is 2. The van der Waals surface area contributed by atoms with E-state index >= 15 is 0 Å². The van der Waals surface area contributed by atoms with Gasteiger partial charge in [0.2, 0.25) is 0 Å². The summed E-state index contributed by atoms with van der Waals surface area (Å²) >= 11 is 0. The molecule has 0 saturated heterocycles. The first kappa shape index (κ1) is 13.4. The predicted octanol–water partition coefficient (Wildman–Crippen LogP) is 0.678. The number of hydrogen-bond acceptors (Lipinski definition) is 3. The van der Waals surface area contributed by atoms with Gasteiger partial charge in [0.1, 0.15) is 0 Å². The Morgan fingerprint density at radius 1 is 1.32 bits per heavy atom. The van der Waals surface area contributed by atoms with Crippen LogP contribution >= 0.6 is 0 Å². The van der Waals surface area contributed by atoms with Crippen molar-refractivity contribution < 1.29 is 14.7 Å². The molecule has 1 atom stereocenters. The van der Waals surface area contributed by atoms with Crippen molar-refractivity contribution in [2.75, 3.05) is 11.9 Å². The second-order valence-corrected chi connectivity index (χ2v) is 4.68. The Morgan fingerprint density at radius 3 is 2.47 bits per heavy atom. The highest BCUT2D eigenvalue weighted by Gasteiger charge is 2.29. The van der Waals surface area contributed by atoms with Gasteiger partial charge in [-0.15, -0.1) is 0 Å². The summed E-state index contributed by atoms with van der Waals surface area (Å²) in [5.74, 6) is 0.0905. The Kier molecular flexibility index (Phi) is 4.01. The van der Waals surface area contributed by atoms with Crippen LogP contribution in [0.25, 0.3) is 0 Å². The Morgan fingerprint density at radius 2 is 1.95 bits per heavy atom. The highest BCUT2D eigenvalue weighted by Crippen LogP contribution is 2.32. The summed E-state index contributed by atoms with van der Waals surface area (Å²) in [5.41, 5.74) is 5.98. The fourth-order valence-corrected chi connectivity index (χ4v) is 1.79. The van der Waals surface area contributed by atoms with E-state index in [-0.39, 0.29) is 12.5 Å². The lowest BCUT2D eigenvalue weighted by molar-refractivity contribution is 0.0901. The molecule has 0 aliphatic heterocycles. The van der Waals surface area contributed by atoms with Crippen molar-refractivity contribution in [1.82, 2.24) is 5.32 Å². The third kappa shape index (κ3) is 3.96. The maximum atomic E-state index is 11.8. The normalized spacial score (nSPS) is 15.6. The lowest BCUT2D eigenvalue weighted by Gasteiger charge is -2.11. The van der Waals surface area contributed by atoms with E-state index in [1.807, 2.05) is 0 Å². The van der Waals surface area contributed by atoms with E-state index in [4.69, 9.17) is 5.73 Å². The molecule has 1 aliphatic carbocycles. The number of primary amides is 1. The monoisotopic (exact) mass is 263 g/mol. The van der Waals surface area contributed by atoms with Gasteiger partial charge in [0.25, 0.3) is 5.91 Å². The molecule has 19 heavy (non-hydrogen) atoms. The second-order valence-electron chi connectivity index (χ2n) is 4.68. The number of amides is 3. The van der Waals surface area contributed by atoms with Gasteiger partial charge in [0, 0.05) is 17.8 Å². The highest BCUT2D eigenvalue weighted by molar-refractivity contribution is 5.95. The number of hydrogen-bond donors (Lipinski definition) is 4. The van der Waals surface area contributed by atoms with Crippen LogP contribution in [0.15, 0.2) is 24.3 Å². The van der Waals surface area contributed by atoms with Gasteiger partial charge in [0.05, 0.1) is 6.10 Å². The first-order chi connectivity index (χ1) is 9.06. The number of anilines is 1. The molecule has 3 amide bonds. The zero-order valence-corrected chi connectivity index (χ0v) is 10.4. The Balaban J connectivity index is 1.86. The SMILES string of the molecule is NC(=O)Nc1ccc(C(=O)NCC(O)C2CC2)cc1. The third-order valence-corrected chi connectivity index (χ3v) is 3.05. The number of carbonyl (C=O) groups is 2. The number of aliphatic hydroxyl groups excluding tert-OH is 1. The standard InChI is InChI=1S/C13H17N3O3/c14-13(19)16-10-5-3-9(4-6-10)12(18)15-7-11(17)8-1-2-8/h3-6,8,11,17H,1-2,7H2,(H,15,18)(H3,14,16,19). The minimum Gasteiger partial charge on any atom is -0.391 e. The van der Waals surface area contributed by atoms with Crippen molar-refractivity contribution in [3.63, 3.8) is 0 Å². The van der Waals surface area contributed by atoms with Crippen molar-refractivity contribution in [3.05, 3.63) is 29.8 Å². The van der Waals surface area contributed by atoms with Crippen LogP contribution in [0.3, 0.4) is 0 Å². The predicted molar refractivity (Wildman–Crippen MR) is 70.7 cm³/mol. The van der Waals surface area contributed by atoms with Crippen LogP contribution in [0.5, 0.6) is 0 Å². The van der Waals surface area contributed by atoms with Crippen LogP contribution in [0, 0.1) is 5.92 Å². The molecule has 102 valence electrons. The minimum absolute atomic E-state index is 0.245. The zero-order chi connectivity index (χ0) is 13.8. The molecule has 1 aliphatic rings. The summed E-state index contributed by atoms with van der Waals surface area (Å²) in [7, 11) is 0. The van der Waals surface area contributed by atoms with Crippen LogP contribution in [-0.2, 0) is 0 Å². The summed E-state index contributed by atoms with van der Waals surface area (Å²) in [4.78, 5) is 22.4. The summed E-state index contributed by atoms with van der Waals surface area (Å²) in [5, 5.41) is 14.7. The first-order valence-electron chi connectivity index (χ1n) is 6.19. The average Bonchev–Trinajstić information content (AvgIpc) is 3.20. The first-order valence-corrected chi connectivity index (χ1v) is 6.19. The molecule has 0 bridgehead atoms. The van der Waals surface area contributed by atoms with Crippen molar-refractivity contribution in [1.29, 1.82) is 0 Å². The van der Waals surface area contributed by atoms with Crippen LogP contribution in [0.1, 0.15) is 23.2 Å². The molecule has 6 nitrogen and oxygen atoms in total. The molecule has 2 rings (SSSR count). The maximum absolute atomic E-state index is 11.8. The fraction of sp³-hybridized carbons (Fsp3) is 0.385. The smallest absolute Gasteiger partial charge is 0.316 e. The number of nitrogens with two attached hydrogens (primary N) is 1. The molecule has 1 unspecified atom stereocenters. The number of benzene rings is 1. The van der Waals surface area contributed by atoms with Gasteiger partial charge < -0.3 is 21.5 Å². The Bertz CT molecular complexity index is 469. The van der Waals surface area contributed by atoms with E-state index in [0.717, 1.165) is 12.8 Å². The summed E-state index contributed by atoms with van der Waals surface area (Å²) < 4.78 is 0. The van der Waals surface area contributed by atoms with E-state index in [9.17, 15) is 14.7 Å². The van der Waals surface area contributed by atoms with Gasteiger partial charge in [0.15, 0.2) is 0 Å². The molecule has 0 radical (unpaired) electrons. The number of carbonyl (C=O) groups excluding carboxylic acids is 2. The molecule has 0 aromatic heterocycles. The van der Waals surface area contributed by atoms with Crippen molar-refractivity contribution in [2.45, 2.75) is 18.9 Å². The maximum Gasteiger partial charge on any atom is 0.316 e. The van der Waals surface area contributed by atoms with E-state index in [1.54, 1.807) is 24.3 Å². The molecule has 1 saturated carbocycles. The topological polar surface area (TPSA) is 104 Å². The lowest BCUT2D eigenvalue weighted by atomic mass is 10.2. The van der Waals surface area contributed by atoms with Crippen LogP contribution in [0.4, 0.5) is 10.5 Å². The summed E-state index contributed by atoms with van der Waals surface area (Å²) in [6.07, 6.45) is 1.61. The molecular weight excluding hydrogens is 246 g/mol. The van der Waals surface area contributed by atoms with Crippen LogP contribution in [0.2, 0.25) is 0 Å². The van der Waals surface area contributed by atoms with Gasteiger partial charge in [-0.3, -0.25) is 4.79 Å². The molecule has 5 N–H and O–H groups in total. The van der Waals surface area contributed by atoms with Crippen LogP contribution < -0.4 is 16.4 Å². The molecular formula is C13H17N3O3. The van der Waals surface area contributed by atoms with Gasteiger partial charge in [-0.05, 0) is 43.0 Å². The number of aliphatic hydroxyl groups is 1. The second kappa shape index (κ2) is 5.71. The number of rotatable bonds is 5. The number of urea groups is 1. The molecule has 1 aromatic rings. The van der Waals surface area contributed by atoms with E-state index in [1.165, 1.54) is 0 Å². The quantitative estimate of drug-likeness (QED) is 0.627. The average molecular weight is 263 g/mol. The van der Waals surface area contributed by atoms with E-state index < -0.39 is 12.1 Å². The zero-order valence-electron chi connectivity index (χ0n) is 10.4. The summed E-state index contributed by atoms with van der Waals surface area (Å²) in [6.45, 7) is 0.269. The largest absolute Gasteiger partial charge is 0.391 e. The Labute approximate surface area is 111 Å². The molecule has 1 aromatic carbocycles. The lowest BCUT2D eigenvalue weighted by Crippen LogP contribution is -2.33. The van der Waals surface area contributed by atoms with Crippen LogP contribution in [-0.4, -0.2) is 29.7 Å². The summed E-state index contributed by atoms with van der Waals surface area (Å²) in [6, 6.07) is 5.71. The minimum atomic E-state index is -0.648. The molecule has 6 heteroatoms. The highest BCUT2D eigenvalue weighted by atomic mass is 16.3.